The summed E-state index contributed by atoms with van der Waals surface area (Å²) in [6.07, 6.45) is 4.67. The van der Waals surface area contributed by atoms with Crippen molar-refractivity contribution >= 4 is 23.5 Å². The van der Waals surface area contributed by atoms with E-state index < -0.39 is 0 Å². The molecule has 0 aliphatic carbocycles. The Bertz CT molecular complexity index is 432. The van der Waals surface area contributed by atoms with Crippen molar-refractivity contribution in [2.75, 3.05) is 23.3 Å². The fourth-order valence-electron chi connectivity index (χ4n) is 2.34. The van der Waals surface area contributed by atoms with E-state index in [9.17, 15) is 0 Å². The standard InChI is InChI=1S/C14H24ClN5/c1-10(2)6-7-11(3)16-13-17-12(15)18-14(19-13)20-8-4-5-9-20/h10-11H,4-9H2,1-3H3,(H,16,17,18,19). The predicted molar refractivity (Wildman–Crippen MR) is 83.4 cm³/mol. The van der Waals surface area contributed by atoms with Gasteiger partial charge in [-0.2, -0.15) is 15.0 Å². The lowest BCUT2D eigenvalue weighted by Gasteiger charge is -2.18. The SMILES string of the molecule is CC(C)CCC(C)Nc1nc(Cl)nc(N2CCCC2)n1. The average molecular weight is 298 g/mol. The van der Waals surface area contributed by atoms with Crippen LogP contribution in [0.2, 0.25) is 5.28 Å². The summed E-state index contributed by atoms with van der Waals surface area (Å²) in [5.41, 5.74) is 0. The van der Waals surface area contributed by atoms with Crippen LogP contribution in [0.5, 0.6) is 0 Å². The summed E-state index contributed by atoms with van der Waals surface area (Å²) in [4.78, 5) is 15.1. The number of halogens is 1. The highest BCUT2D eigenvalue weighted by Crippen LogP contribution is 2.19. The first kappa shape index (κ1) is 15.3. The summed E-state index contributed by atoms with van der Waals surface area (Å²) in [6, 6.07) is 0.335. The van der Waals surface area contributed by atoms with Crippen LogP contribution >= 0.6 is 11.6 Å². The maximum Gasteiger partial charge on any atom is 0.231 e. The molecule has 1 fully saturated rings. The fourth-order valence-corrected chi connectivity index (χ4v) is 2.49. The molecule has 2 rings (SSSR count). The smallest absolute Gasteiger partial charge is 0.231 e. The van der Waals surface area contributed by atoms with Gasteiger partial charge in [-0.1, -0.05) is 13.8 Å². The van der Waals surface area contributed by atoms with Gasteiger partial charge < -0.3 is 10.2 Å². The molecular weight excluding hydrogens is 274 g/mol. The number of hydrogen-bond acceptors (Lipinski definition) is 5. The minimum absolute atomic E-state index is 0.264. The van der Waals surface area contributed by atoms with Crippen molar-refractivity contribution in [1.82, 2.24) is 15.0 Å². The summed E-state index contributed by atoms with van der Waals surface area (Å²) in [6.45, 7) is 8.62. The Morgan fingerprint density at radius 1 is 1.10 bits per heavy atom. The second kappa shape index (κ2) is 7.07. The van der Waals surface area contributed by atoms with E-state index in [2.05, 4.69) is 45.9 Å². The molecule has 1 aliphatic rings. The van der Waals surface area contributed by atoms with Crippen molar-refractivity contribution in [3.63, 3.8) is 0 Å². The van der Waals surface area contributed by atoms with Gasteiger partial charge in [0.2, 0.25) is 17.2 Å². The van der Waals surface area contributed by atoms with Gasteiger partial charge in [-0.15, -0.1) is 0 Å². The van der Waals surface area contributed by atoms with Crippen molar-refractivity contribution in [2.45, 2.75) is 52.5 Å². The maximum atomic E-state index is 6.01. The van der Waals surface area contributed by atoms with Gasteiger partial charge in [0.05, 0.1) is 0 Å². The number of nitrogens with zero attached hydrogens (tertiary/aromatic N) is 4. The van der Waals surface area contributed by atoms with E-state index in [1.165, 1.54) is 19.3 Å². The van der Waals surface area contributed by atoms with Crippen molar-refractivity contribution < 1.29 is 0 Å². The quantitative estimate of drug-likeness (QED) is 0.872. The lowest BCUT2D eigenvalue weighted by Crippen LogP contribution is -2.23. The van der Waals surface area contributed by atoms with Gasteiger partial charge in [0.15, 0.2) is 0 Å². The molecule has 0 radical (unpaired) electrons. The Balaban J connectivity index is 2.00. The van der Waals surface area contributed by atoms with E-state index in [1.807, 2.05) is 0 Å². The van der Waals surface area contributed by atoms with Crippen LogP contribution in [0.3, 0.4) is 0 Å². The summed E-state index contributed by atoms with van der Waals surface area (Å²) in [7, 11) is 0. The van der Waals surface area contributed by atoms with Gasteiger partial charge in [0.25, 0.3) is 0 Å². The van der Waals surface area contributed by atoms with E-state index in [-0.39, 0.29) is 5.28 Å². The van der Waals surface area contributed by atoms with E-state index in [4.69, 9.17) is 11.6 Å². The molecule has 0 bridgehead atoms. The van der Waals surface area contributed by atoms with Crippen LogP contribution in [0.4, 0.5) is 11.9 Å². The minimum Gasteiger partial charge on any atom is -0.352 e. The number of nitrogens with one attached hydrogen (secondary N) is 1. The summed E-state index contributed by atoms with van der Waals surface area (Å²) in [5, 5.41) is 3.59. The molecule has 20 heavy (non-hydrogen) atoms. The van der Waals surface area contributed by atoms with Gasteiger partial charge >= 0.3 is 0 Å². The zero-order valence-corrected chi connectivity index (χ0v) is 13.3. The van der Waals surface area contributed by atoms with Gasteiger partial charge in [0, 0.05) is 19.1 Å². The molecular formula is C14H24ClN5. The van der Waals surface area contributed by atoms with E-state index in [0.717, 1.165) is 19.5 Å². The molecule has 1 unspecified atom stereocenters. The monoisotopic (exact) mass is 297 g/mol. The zero-order chi connectivity index (χ0) is 14.5. The molecule has 1 atom stereocenters. The Morgan fingerprint density at radius 2 is 1.80 bits per heavy atom. The van der Waals surface area contributed by atoms with Gasteiger partial charge in [-0.3, -0.25) is 0 Å². The molecule has 0 saturated carbocycles. The highest BCUT2D eigenvalue weighted by atomic mass is 35.5. The van der Waals surface area contributed by atoms with Gasteiger partial charge in [0.1, 0.15) is 0 Å². The van der Waals surface area contributed by atoms with Crippen molar-refractivity contribution in [2.24, 2.45) is 5.92 Å². The van der Waals surface area contributed by atoms with Crippen LogP contribution in [-0.4, -0.2) is 34.1 Å². The summed E-state index contributed by atoms with van der Waals surface area (Å²) < 4.78 is 0. The summed E-state index contributed by atoms with van der Waals surface area (Å²) >= 11 is 6.01. The fraction of sp³-hybridized carbons (Fsp3) is 0.786. The first-order valence-electron chi connectivity index (χ1n) is 7.47. The lowest BCUT2D eigenvalue weighted by molar-refractivity contribution is 0.526. The van der Waals surface area contributed by atoms with E-state index in [0.29, 0.717) is 23.9 Å². The van der Waals surface area contributed by atoms with Gasteiger partial charge in [-0.05, 0) is 50.1 Å². The van der Waals surface area contributed by atoms with Crippen LogP contribution in [0.15, 0.2) is 0 Å². The average Bonchev–Trinajstić information content (AvgIpc) is 2.89. The first-order valence-corrected chi connectivity index (χ1v) is 7.85. The first-order chi connectivity index (χ1) is 9.54. The largest absolute Gasteiger partial charge is 0.352 e. The number of rotatable bonds is 6. The Labute approximate surface area is 126 Å². The van der Waals surface area contributed by atoms with E-state index >= 15 is 0 Å². The van der Waals surface area contributed by atoms with Crippen molar-refractivity contribution in [1.29, 1.82) is 0 Å². The second-order valence-electron chi connectivity index (χ2n) is 5.94. The molecule has 1 N–H and O–H groups in total. The van der Waals surface area contributed by atoms with Crippen molar-refractivity contribution in [3.05, 3.63) is 5.28 Å². The third-order valence-corrected chi connectivity index (χ3v) is 3.71. The number of anilines is 2. The normalized spacial score (nSPS) is 16.8. The lowest BCUT2D eigenvalue weighted by atomic mass is 10.0. The highest BCUT2D eigenvalue weighted by molar-refractivity contribution is 6.28. The minimum atomic E-state index is 0.264. The van der Waals surface area contributed by atoms with Gasteiger partial charge in [-0.25, -0.2) is 0 Å². The van der Waals surface area contributed by atoms with Crippen LogP contribution in [0.1, 0.15) is 46.5 Å². The molecule has 112 valence electrons. The molecule has 1 aromatic rings. The van der Waals surface area contributed by atoms with E-state index in [1.54, 1.807) is 0 Å². The molecule has 0 amide bonds. The predicted octanol–water partition coefficient (Wildman–Crippen LogP) is 3.36. The van der Waals surface area contributed by atoms with Crippen LogP contribution in [-0.2, 0) is 0 Å². The third-order valence-electron chi connectivity index (χ3n) is 3.54. The number of aromatic nitrogens is 3. The Kier molecular flexibility index (Phi) is 5.40. The molecule has 1 saturated heterocycles. The van der Waals surface area contributed by atoms with Crippen LogP contribution in [0.25, 0.3) is 0 Å². The molecule has 6 heteroatoms. The molecule has 0 aromatic carbocycles. The molecule has 2 heterocycles. The number of hydrogen-bond donors (Lipinski definition) is 1. The molecule has 5 nitrogen and oxygen atoms in total. The zero-order valence-electron chi connectivity index (χ0n) is 12.6. The molecule has 0 spiro atoms. The van der Waals surface area contributed by atoms with Crippen LogP contribution in [0, 0.1) is 5.92 Å². The van der Waals surface area contributed by atoms with Crippen molar-refractivity contribution in [3.8, 4) is 0 Å². The maximum absolute atomic E-state index is 6.01. The highest BCUT2D eigenvalue weighted by Gasteiger charge is 2.17. The molecule has 1 aliphatic heterocycles. The Hall–Kier alpha value is -1.10. The Morgan fingerprint density at radius 3 is 2.45 bits per heavy atom. The second-order valence-corrected chi connectivity index (χ2v) is 6.28. The molecule has 1 aromatic heterocycles. The summed E-state index contributed by atoms with van der Waals surface area (Å²) in [5.74, 6) is 1.99. The third kappa shape index (κ3) is 4.47. The van der Waals surface area contributed by atoms with Crippen LogP contribution < -0.4 is 10.2 Å². The topological polar surface area (TPSA) is 53.9 Å².